The van der Waals surface area contributed by atoms with Crippen LogP contribution >= 0.6 is 0 Å². The lowest BCUT2D eigenvalue weighted by Crippen LogP contribution is -2.22. The second kappa shape index (κ2) is 4.52. The van der Waals surface area contributed by atoms with Crippen LogP contribution in [0.1, 0.15) is 11.1 Å². The Morgan fingerprint density at radius 1 is 1.38 bits per heavy atom. The number of aliphatic hydroxyl groups is 1. The number of carbonyl (C=O) groups is 1. The van der Waals surface area contributed by atoms with Gasteiger partial charge in [-0.25, -0.2) is 4.79 Å². The molecule has 1 aromatic rings. The van der Waals surface area contributed by atoms with Crippen LogP contribution in [0.15, 0.2) is 24.3 Å². The molecule has 88 valence electrons. The smallest absolute Gasteiger partial charge is 0.416 e. The van der Waals surface area contributed by atoms with E-state index in [9.17, 15) is 18.0 Å². The topological polar surface area (TPSA) is 57.5 Å². The van der Waals surface area contributed by atoms with Gasteiger partial charge in [-0.15, -0.1) is 0 Å². The molecule has 0 fully saturated rings. The number of carboxylic acids is 1. The van der Waals surface area contributed by atoms with Crippen molar-refractivity contribution in [1.29, 1.82) is 0 Å². The normalized spacial score (nSPS) is 13.5. The largest absolute Gasteiger partial charge is 0.479 e. The van der Waals surface area contributed by atoms with Crippen molar-refractivity contribution in [3.05, 3.63) is 35.4 Å². The summed E-state index contributed by atoms with van der Waals surface area (Å²) in [6.07, 6.45) is -6.51. The first-order valence-electron chi connectivity index (χ1n) is 4.37. The molecule has 3 nitrogen and oxygen atoms in total. The van der Waals surface area contributed by atoms with Crippen LogP contribution in [0.2, 0.25) is 0 Å². The molecular formula is C10H9F3O3. The summed E-state index contributed by atoms with van der Waals surface area (Å²) in [5.41, 5.74) is -0.729. The van der Waals surface area contributed by atoms with Gasteiger partial charge in [0, 0.05) is 6.42 Å². The number of benzene rings is 1. The maximum Gasteiger partial charge on any atom is 0.416 e. The minimum absolute atomic E-state index is 0.129. The van der Waals surface area contributed by atoms with Crippen LogP contribution in [0.25, 0.3) is 0 Å². The van der Waals surface area contributed by atoms with E-state index in [4.69, 9.17) is 10.2 Å². The van der Waals surface area contributed by atoms with E-state index in [-0.39, 0.29) is 12.0 Å². The molecule has 0 heterocycles. The zero-order chi connectivity index (χ0) is 12.3. The third kappa shape index (κ3) is 3.23. The van der Waals surface area contributed by atoms with Crippen molar-refractivity contribution in [3.63, 3.8) is 0 Å². The molecule has 16 heavy (non-hydrogen) atoms. The fraction of sp³-hybridized carbons (Fsp3) is 0.300. The Morgan fingerprint density at radius 2 is 2.00 bits per heavy atom. The number of halogens is 3. The summed E-state index contributed by atoms with van der Waals surface area (Å²) in [5, 5.41) is 17.4. The lowest BCUT2D eigenvalue weighted by Gasteiger charge is -2.09. The predicted molar refractivity (Wildman–Crippen MR) is 48.8 cm³/mol. The average Bonchev–Trinajstić information content (AvgIpc) is 2.16. The van der Waals surface area contributed by atoms with Gasteiger partial charge in [-0.05, 0) is 11.6 Å². The summed E-state index contributed by atoms with van der Waals surface area (Å²) in [6.45, 7) is 0. The van der Waals surface area contributed by atoms with Gasteiger partial charge in [-0.2, -0.15) is 13.2 Å². The number of aliphatic carboxylic acids is 1. The lowest BCUT2D eigenvalue weighted by molar-refractivity contribution is -0.146. The number of alkyl halides is 3. The highest BCUT2D eigenvalue weighted by molar-refractivity contribution is 5.72. The van der Waals surface area contributed by atoms with Gasteiger partial charge in [0.2, 0.25) is 0 Å². The Balaban J connectivity index is 2.87. The molecule has 6 heteroatoms. The van der Waals surface area contributed by atoms with Crippen molar-refractivity contribution in [2.45, 2.75) is 18.7 Å². The van der Waals surface area contributed by atoms with Crippen LogP contribution in [-0.2, 0) is 17.4 Å². The van der Waals surface area contributed by atoms with Gasteiger partial charge in [0.1, 0.15) is 0 Å². The Bertz CT molecular complexity index is 387. The van der Waals surface area contributed by atoms with Gasteiger partial charge >= 0.3 is 12.1 Å². The summed E-state index contributed by atoms with van der Waals surface area (Å²) in [7, 11) is 0. The molecule has 0 radical (unpaired) electrons. The third-order valence-electron chi connectivity index (χ3n) is 1.97. The minimum Gasteiger partial charge on any atom is -0.479 e. The maximum absolute atomic E-state index is 12.3. The maximum atomic E-state index is 12.3. The van der Waals surface area contributed by atoms with Crippen LogP contribution in [0.5, 0.6) is 0 Å². The SMILES string of the molecule is O=C(O)C(O)Cc1cccc(C(F)(F)F)c1. The van der Waals surface area contributed by atoms with E-state index >= 15 is 0 Å². The fourth-order valence-electron chi connectivity index (χ4n) is 1.19. The Morgan fingerprint density at radius 3 is 2.50 bits per heavy atom. The molecule has 0 amide bonds. The summed E-state index contributed by atoms with van der Waals surface area (Å²) in [5.74, 6) is -1.46. The van der Waals surface area contributed by atoms with Crippen molar-refractivity contribution in [3.8, 4) is 0 Å². The highest BCUT2D eigenvalue weighted by Gasteiger charge is 2.30. The number of hydrogen-bond donors (Lipinski definition) is 2. The molecule has 0 aromatic heterocycles. The predicted octanol–water partition coefficient (Wildman–Crippen LogP) is 1.69. The number of hydrogen-bond acceptors (Lipinski definition) is 2. The number of aliphatic hydroxyl groups excluding tert-OH is 1. The summed E-state index contributed by atoms with van der Waals surface area (Å²) in [6, 6.07) is 4.22. The van der Waals surface area contributed by atoms with E-state index < -0.39 is 23.8 Å². The molecule has 2 N–H and O–H groups in total. The molecule has 0 spiro atoms. The molecule has 1 unspecified atom stereocenters. The van der Waals surface area contributed by atoms with Crippen LogP contribution in [0, 0.1) is 0 Å². The van der Waals surface area contributed by atoms with Crippen molar-refractivity contribution in [2.75, 3.05) is 0 Å². The molecule has 1 atom stereocenters. The second-order valence-corrected chi connectivity index (χ2v) is 3.26. The van der Waals surface area contributed by atoms with E-state index in [1.165, 1.54) is 12.1 Å². The lowest BCUT2D eigenvalue weighted by atomic mass is 10.0. The monoisotopic (exact) mass is 234 g/mol. The standard InChI is InChI=1S/C10H9F3O3/c11-10(12,13)7-3-1-2-6(4-7)5-8(14)9(15)16/h1-4,8,14H,5H2,(H,15,16). The molecule has 0 saturated carbocycles. The molecule has 0 aliphatic rings. The highest BCUT2D eigenvalue weighted by atomic mass is 19.4. The Labute approximate surface area is 89.1 Å². The van der Waals surface area contributed by atoms with Crippen LogP contribution in [0.3, 0.4) is 0 Å². The van der Waals surface area contributed by atoms with E-state index in [1.807, 2.05) is 0 Å². The zero-order valence-corrected chi connectivity index (χ0v) is 8.03. The van der Waals surface area contributed by atoms with E-state index in [0.717, 1.165) is 12.1 Å². The molecule has 0 bridgehead atoms. The Kier molecular flexibility index (Phi) is 3.54. The van der Waals surface area contributed by atoms with E-state index in [2.05, 4.69) is 0 Å². The van der Waals surface area contributed by atoms with Crippen LogP contribution in [0.4, 0.5) is 13.2 Å². The van der Waals surface area contributed by atoms with Crippen molar-refractivity contribution >= 4 is 5.97 Å². The van der Waals surface area contributed by atoms with Crippen LogP contribution in [-0.4, -0.2) is 22.3 Å². The van der Waals surface area contributed by atoms with Gasteiger partial charge in [0.15, 0.2) is 6.10 Å². The second-order valence-electron chi connectivity index (χ2n) is 3.26. The quantitative estimate of drug-likeness (QED) is 0.836. The van der Waals surface area contributed by atoms with Crippen LogP contribution < -0.4 is 0 Å². The van der Waals surface area contributed by atoms with Gasteiger partial charge in [-0.1, -0.05) is 18.2 Å². The summed E-state index contributed by atoms with van der Waals surface area (Å²) >= 11 is 0. The minimum atomic E-state index is -4.47. The van der Waals surface area contributed by atoms with Gasteiger partial charge in [0.05, 0.1) is 5.56 Å². The fourth-order valence-corrected chi connectivity index (χ4v) is 1.19. The highest BCUT2D eigenvalue weighted by Crippen LogP contribution is 2.29. The van der Waals surface area contributed by atoms with Crippen molar-refractivity contribution in [2.24, 2.45) is 0 Å². The zero-order valence-electron chi connectivity index (χ0n) is 8.03. The molecular weight excluding hydrogens is 225 g/mol. The van der Waals surface area contributed by atoms with Crippen molar-refractivity contribution in [1.82, 2.24) is 0 Å². The van der Waals surface area contributed by atoms with Gasteiger partial charge in [-0.3, -0.25) is 0 Å². The summed E-state index contributed by atoms with van der Waals surface area (Å²) < 4.78 is 36.9. The first kappa shape index (κ1) is 12.5. The third-order valence-corrected chi connectivity index (χ3v) is 1.97. The molecule has 0 aliphatic heterocycles. The van der Waals surface area contributed by atoms with Gasteiger partial charge < -0.3 is 10.2 Å². The molecule has 0 aliphatic carbocycles. The van der Waals surface area contributed by atoms with Crippen molar-refractivity contribution < 1.29 is 28.2 Å². The Hall–Kier alpha value is -1.56. The van der Waals surface area contributed by atoms with E-state index in [1.54, 1.807) is 0 Å². The van der Waals surface area contributed by atoms with Gasteiger partial charge in [0.25, 0.3) is 0 Å². The first-order chi connectivity index (χ1) is 7.30. The number of rotatable bonds is 3. The van der Waals surface area contributed by atoms with E-state index in [0.29, 0.717) is 0 Å². The average molecular weight is 234 g/mol. The first-order valence-corrected chi connectivity index (χ1v) is 4.37. The molecule has 1 rings (SSSR count). The molecule has 1 aromatic carbocycles. The molecule has 0 saturated heterocycles. The number of carboxylic acid groups (broad SMARTS) is 1. The summed E-state index contributed by atoms with van der Waals surface area (Å²) in [4.78, 5) is 10.3.